The van der Waals surface area contributed by atoms with Crippen molar-refractivity contribution in [1.29, 1.82) is 0 Å². The molecule has 3 heterocycles. The van der Waals surface area contributed by atoms with Gasteiger partial charge in [0.15, 0.2) is 5.65 Å². The molecule has 0 N–H and O–H groups in total. The molecule has 162 valence electrons. The summed E-state index contributed by atoms with van der Waals surface area (Å²) in [5.41, 5.74) is 4.00. The predicted molar refractivity (Wildman–Crippen MR) is 119 cm³/mol. The van der Waals surface area contributed by atoms with Crippen molar-refractivity contribution < 1.29 is 14.3 Å². The van der Waals surface area contributed by atoms with E-state index in [-0.39, 0.29) is 5.91 Å². The third-order valence-electron chi connectivity index (χ3n) is 4.56. The molecule has 1 aliphatic heterocycles. The first-order chi connectivity index (χ1) is 14.7. The average molecular weight is 413 g/mol. The van der Waals surface area contributed by atoms with Crippen molar-refractivity contribution >= 4 is 11.6 Å². The number of benzene rings is 1. The molecule has 4 rings (SSSR count). The molecule has 1 saturated heterocycles. The molecule has 1 amide bonds. The van der Waals surface area contributed by atoms with Crippen molar-refractivity contribution in [3.63, 3.8) is 0 Å². The van der Waals surface area contributed by atoms with E-state index in [1.807, 2.05) is 58.9 Å². The van der Waals surface area contributed by atoms with Crippen LogP contribution in [0.25, 0.3) is 16.9 Å². The summed E-state index contributed by atoms with van der Waals surface area (Å²) in [7, 11) is 1.58. The monoisotopic (exact) mass is 412 g/mol. The summed E-state index contributed by atoms with van der Waals surface area (Å²) in [4.78, 5) is 18.9. The van der Waals surface area contributed by atoms with E-state index in [4.69, 9.17) is 9.47 Å². The normalized spacial score (nSPS) is 13.1. The number of methoxy groups -OCH3 is 1. The van der Waals surface area contributed by atoms with Crippen molar-refractivity contribution in [3.05, 3.63) is 47.8 Å². The summed E-state index contributed by atoms with van der Waals surface area (Å²) in [5, 5.41) is 4.63. The van der Waals surface area contributed by atoms with Gasteiger partial charge in [0, 0.05) is 18.7 Å². The highest BCUT2D eigenvalue weighted by Gasteiger charge is 2.22. The van der Waals surface area contributed by atoms with Gasteiger partial charge in [-0.05, 0) is 31.2 Å². The zero-order chi connectivity index (χ0) is 22.1. The number of morpholine rings is 1. The molecule has 3 aromatic rings. The van der Waals surface area contributed by atoms with Crippen LogP contribution < -0.4 is 4.74 Å². The number of hydrogen-bond donors (Lipinski definition) is 0. The molecule has 1 aliphatic rings. The summed E-state index contributed by atoms with van der Waals surface area (Å²) in [5.74, 6) is 0.508. The Kier molecular flexibility index (Phi) is 8.80. The zero-order valence-corrected chi connectivity index (χ0v) is 18.8. The maximum atomic E-state index is 12.8. The largest absolute Gasteiger partial charge is 0.496 e. The minimum absolute atomic E-state index is 0.0365. The second-order valence-corrected chi connectivity index (χ2v) is 6.21. The summed E-state index contributed by atoms with van der Waals surface area (Å²) in [6, 6.07) is 9.40. The van der Waals surface area contributed by atoms with E-state index in [9.17, 15) is 4.79 Å². The van der Waals surface area contributed by atoms with Crippen molar-refractivity contribution in [1.82, 2.24) is 19.5 Å². The number of hydrogen-bond acceptors (Lipinski definition) is 5. The smallest absolute Gasteiger partial charge is 0.257 e. The Hall–Kier alpha value is -2.93. The molecule has 1 fully saturated rings. The molecule has 0 bridgehead atoms. The van der Waals surface area contributed by atoms with E-state index in [0.717, 1.165) is 22.6 Å². The van der Waals surface area contributed by atoms with E-state index in [2.05, 4.69) is 10.1 Å². The quantitative estimate of drug-likeness (QED) is 0.644. The minimum Gasteiger partial charge on any atom is -0.496 e. The predicted octanol–water partition coefficient (Wildman–Crippen LogP) is 4.24. The van der Waals surface area contributed by atoms with Crippen LogP contribution in [0.5, 0.6) is 5.75 Å². The molecule has 7 nitrogen and oxygen atoms in total. The lowest BCUT2D eigenvalue weighted by Crippen LogP contribution is -2.40. The van der Waals surface area contributed by atoms with Crippen LogP contribution in [-0.4, -0.2) is 58.8 Å². The number of ether oxygens (including phenoxy) is 2. The Morgan fingerprint density at radius 3 is 2.43 bits per heavy atom. The molecule has 0 aliphatic carbocycles. The number of aryl methyl sites for hydroxylation is 1. The lowest BCUT2D eigenvalue weighted by molar-refractivity contribution is 0.0301. The fraction of sp³-hybridized carbons (Fsp3) is 0.435. The van der Waals surface area contributed by atoms with Crippen LogP contribution in [0.15, 0.2) is 36.5 Å². The van der Waals surface area contributed by atoms with Gasteiger partial charge in [-0.15, -0.1) is 0 Å². The second-order valence-electron chi connectivity index (χ2n) is 6.21. The van der Waals surface area contributed by atoms with Gasteiger partial charge in [0.25, 0.3) is 5.91 Å². The van der Waals surface area contributed by atoms with Gasteiger partial charge < -0.3 is 14.4 Å². The first-order valence-electron chi connectivity index (χ1n) is 10.5. The van der Waals surface area contributed by atoms with Crippen molar-refractivity contribution in [2.24, 2.45) is 0 Å². The van der Waals surface area contributed by atoms with Crippen molar-refractivity contribution in [3.8, 4) is 17.0 Å². The van der Waals surface area contributed by atoms with E-state index in [1.165, 1.54) is 0 Å². The van der Waals surface area contributed by atoms with Crippen LogP contribution in [0.1, 0.15) is 43.7 Å². The minimum atomic E-state index is -0.0365. The Balaban J connectivity index is 0.000000757. The molecular weight excluding hydrogens is 380 g/mol. The molecule has 1 aromatic carbocycles. The van der Waals surface area contributed by atoms with Gasteiger partial charge in [-0.3, -0.25) is 4.79 Å². The fourth-order valence-corrected chi connectivity index (χ4v) is 3.11. The standard InChI is InChI=1S/C19H20N4O3.2C2H6/c1-13-12-20-18-6-5-16(21-23(13)18)14-3-4-15(17(11-14)25-2)19(24)22-7-9-26-10-8-22;2*1-2/h3-6,11-12H,7-10H2,1-2H3;2*1-2H3. The maximum Gasteiger partial charge on any atom is 0.257 e. The van der Waals surface area contributed by atoms with Crippen LogP contribution >= 0.6 is 0 Å². The van der Waals surface area contributed by atoms with Gasteiger partial charge in [0.2, 0.25) is 0 Å². The van der Waals surface area contributed by atoms with Crippen LogP contribution in [-0.2, 0) is 4.74 Å². The number of aromatic nitrogens is 3. The molecule has 2 aromatic heterocycles. The summed E-state index contributed by atoms with van der Waals surface area (Å²) in [6.07, 6.45) is 1.79. The highest BCUT2D eigenvalue weighted by Crippen LogP contribution is 2.27. The Morgan fingerprint density at radius 1 is 1.07 bits per heavy atom. The molecule has 30 heavy (non-hydrogen) atoms. The van der Waals surface area contributed by atoms with E-state index in [0.29, 0.717) is 37.6 Å². The van der Waals surface area contributed by atoms with E-state index in [1.54, 1.807) is 28.8 Å². The van der Waals surface area contributed by atoms with Crippen LogP contribution in [0.2, 0.25) is 0 Å². The maximum absolute atomic E-state index is 12.8. The Labute approximate surface area is 178 Å². The number of carbonyl (C=O) groups is 1. The van der Waals surface area contributed by atoms with Gasteiger partial charge in [0.05, 0.1) is 43.5 Å². The molecular formula is C23H32N4O3. The molecule has 0 radical (unpaired) electrons. The highest BCUT2D eigenvalue weighted by molar-refractivity contribution is 5.97. The molecule has 0 saturated carbocycles. The van der Waals surface area contributed by atoms with Crippen LogP contribution in [0, 0.1) is 6.92 Å². The number of fused-ring (bicyclic) bond motifs is 1. The van der Waals surface area contributed by atoms with Gasteiger partial charge in [-0.25, -0.2) is 9.50 Å². The molecule has 0 unspecified atom stereocenters. The number of rotatable bonds is 3. The Bertz CT molecular complexity index is 962. The number of imidazole rings is 1. The van der Waals surface area contributed by atoms with Crippen LogP contribution in [0.3, 0.4) is 0 Å². The van der Waals surface area contributed by atoms with Gasteiger partial charge in [-0.2, -0.15) is 5.10 Å². The third kappa shape index (κ3) is 4.97. The topological polar surface area (TPSA) is 69.0 Å². The Morgan fingerprint density at radius 2 is 1.77 bits per heavy atom. The summed E-state index contributed by atoms with van der Waals surface area (Å²) >= 11 is 0. The zero-order valence-electron chi connectivity index (χ0n) is 18.8. The molecule has 0 atom stereocenters. The first-order valence-corrected chi connectivity index (χ1v) is 10.5. The fourth-order valence-electron chi connectivity index (χ4n) is 3.11. The van der Waals surface area contributed by atoms with Gasteiger partial charge in [0.1, 0.15) is 5.75 Å². The van der Waals surface area contributed by atoms with Crippen molar-refractivity contribution in [2.75, 3.05) is 33.4 Å². The molecule has 0 spiro atoms. The van der Waals surface area contributed by atoms with Gasteiger partial charge >= 0.3 is 0 Å². The third-order valence-corrected chi connectivity index (χ3v) is 4.56. The summed E-state index contributed by atoms with van der Waals surface area (Å²) in [6.45, 7) is 12.3. The summed E-state index contributed by atoms with van der Waals surface area (Å²) < 4.78 is 12.6. The van der Waals surface area contributed by atoms with Crippen LogP contribution in [0.4, 0.5) is 0 Å². The SMILES string of the molecule is CC.CC.COc1cc(-c2ccc3ncc(C)n3n2)ccc1C(=O)N1CCOCC1. The number of carbonyl (C=O) groups excluding carboxylic acids is 1. The van der Waals surface area contributed by atoms with Crippen molar-refractivity contribution in [2.45, 2.75) is 34.6 Å². The highest BCUT2D eigenvalue weighted by atomic mass is 16.5. The van der Waals surface area contributed by atoms with E-state index < -0.39 is 0 Å². The van der Waals surface area contributed by atoms with E-state index >= 15 is 0 Å². The lowest BCUT2D eigenvalue weighted by atomic mass is 10.1. The first kappa shape index (κ1) is 23.3. The lowest BCUT2D eigenvalue weighted by Gasteiger charge is -2.27. The number of nitrogens with zero attached hydrogens (tertiary/aromatic N) is 4. The molecule has 7 heteroatoms. The second kappa shape index (κ2) is 11.3. The van der Waals surface area contributed by atoms with Gasteiger partial charge in [-0.1, -0.05) is 33.8 Å². The number of amides is 1. The average Bonchev–Trinajstić information content (AvgIpc) is 3.21.